The second-order valence-electron chi connectivity index (χ2n) is 5.13. The van der Waals surface area contributed by atoms with Crippen LogP contribution in [-0.4, -0.2) is 9.67 Å². The van der Waals surface area contributed by atoms with Crippen molar-refractivity contribution in [2.45, 2.75) is 20.1 Å². The van der Waals surface area contributed by atoms with Crippen molar-refractivity contribution in [2.75, 3.05) is 0 Å². The minimum atomic E-state index is -0.256. The van der Waals surface area contributed by atoms with E-state index < -0.39 is 0 Å². The summed E-state index contributed by atoms with van der Waals surface area (Å²) in [6.07, 6.45) is 0. The molecule has 2 aromatic carbocycles. The smallest absolute Gasteiger partial charge is 0.128 e. The van der Waals surface area contributed by atoms with E-state index in [0.29, 0.717) is 22.8 Å². The van der Waals surface area contributed by atoms with Crippen molar-refractivity contribution in [2.24, 2.45) is 0 Å². The van der Waals surface area contributed by atoms with E-state index in [0.717, 1.165) is 16.5 Å². The number of aryl methyl sites for hydroxylation is 1. The zero-order valence-electron chi connectivity index (χ0n) is 11.6. The third kappa shape index (κ3) is 2.43. The van der Waals surface area contributed by atoms with Crippen molar-refractivity contribution in [1.29, 1.82) is 0 Å². The Morgan fingerprint density at radius 1 is 1.19 bits per heavy atom. The molecule has 0 unspecified atom stereocenters. The summed E-state index contributed by atoms with van der Waals surface area (Å²) in [5, 5.41) is 10.9. The summed E-state index contributed by atoms with van der Waals surface area (Å²) >= 11 is 6.39. The number of nitrogens with zero attached hydrogens (tertiary/aromatic N) is 1. The van der Waals surface area contributed by atoms with Crippen LogP contribution in [0.5, 0.6) is 0 Å². The number of halogens is 2. The maximum Gasteiger partial charge on any atom is 0.128 e. The van der Waals surface area contributed by atoms with Gasteiger partial charge in [-0.15, -0.1) is 0 Å². The molecule has 1 aromatic heterocycles. The van der Waals surface area contributed by atoms with Gasteiger partial charge in [-0.25, -0.2) is 4.39 Å². The van der Waals surface area contributed by atoms with Crippen molar-refractivity contribution < 1.29 is 9.50 Å². The van der Waals surface area contributed by atoms with Gasteiger partial charge in [-0.05, 0) is 24.6 Å². The van der Waals surface area contributed by atoms with E-state index in [2.05, 4.69) is 0 Å². The van der Waals surface area contributed by atoms with E-state index in [9.17, 15) is 9.50 Å². The Labute approximate surface area is 127 Å². The fourth-order valence-corrected chi connectivity index (χ4v) is 2.91. The van der Waals surface area contributed by atoms with Crippen LogP contribution >= 0.6 is 11.6 Å². The van der Waals surface area contributed by atoms with Crippen LogP contribution in [0.1, 0.15) is 16.7 Å². The van der Waals surface area contributed by atoms with E-state index in [4.69, 9.17) is 11.6 Å². The van der Waals surface area contributed by atoms with Gasteiger partial charge in [-0.2, -0.15) is 0 Å². The minimum Gasteiger partial charge on any atom is -0.392 e. The fraction of sp³-hybridized carbons (Fsp3) is 0.176. The maximum absolute atomic E-state index is 13.9. The van der Waals surface area contributed by atoms with Crippen molar-refractivity contribution in [3.05, 3.63) is 70.1 Å². The van der Waals surface area contributed by atoms with E-state index in [1.165, 1.54) is 6.07 Å². The fourth-order valence-electron chi connectivity index (χ4n) is 2.60. The molecule has 0 aliphatic heterocycles. The molecule has 4 heteroatoms. The molecule has 0 saturated carbocycles. The second kappa shape index (κ2) is 5.51. The van der Waals surface area contributed by atoms with Gasteiger partial charge in [-0.1, -0.05) is 41.9 Å². The van der Waals surface area contributed by atoms with Crippen LogP contribution in [0.3, 0.4) is 0 Å². The first-order valence-electron chi connectivity index (χ1n) is 6.73. The quantitative estimate of drug-likeness (QED) is 0.767. The van der Waals surface area contributed by atoms with Crippen molar-refractivity contribution >= 4 is 22.5 Å². The molecule has 3 aromatic rings. The number of hydrogen-bond acceptors (Lipinski definition) is 1. The summed E-state index contributed by atoms with van der Waals surface area (Å²) in [6.45, 7) is 2.19. The van der Waals surface area contributed by atoms with E-state index >= 15 is 0 Å². The molecule has 0 radical (unpaired) electrons. The highest BCUT2D eigenvalue weighted by Crippen LogP contribution is 2.31. The molecule has 0 aliphatic rings. The summed E-state index contributed by atoms with van der Waals surface area (Å²) in [6, 6.07) is 12.6. The third-order valence-electron chi connectivity index (χ3n) is 3.70. The number of aliphatic hydroxyl groups is 1. The zero-order chi connectivity index (χ0) is 15.0. The number of aliphatic hydroxyl groups excluding tert-OH is 1. The van der Waals surface area contributed by atoms with Gasteiger partial charge >= 0.3 is 0 Å². The van der Waals surface area contributed by atoms with Crippen LogP contribution in [0.25, 0.3) is 10.9 Å². The average molecular weight is 304 g/mol. The summed E-state index contributed by atoms with van der Waals surface area (Å²) < 4.78 is 15.7. The Balaban J connectivity index is 2.20. The maximum atomic E-state index is 13.9. The molecule has 0 fully saturated rings. The van der Waals surface area contributed by atoms with E-state index in [1.807, 2.05) is 29.7 Å². The molecule has 1 heterocycles. The number of aromatic nitrogens is 1. The third-order valence-corrected chi connectivity index (χ3v) is 4.13. The lowest BCUT2D eigenvalue weighted by Crippen LogP contribution is -2.02. The molecule has 0 amide bonds. The molecule has 108 valence electrons. The van der Waals surface area contributed by atoms with Crippen LogP contribution in [0.2, 0.25) is 5.15 Å². The molecule has 1 N–H and O–H groups in total. The van der Waals surface area contributed by atoms with Gasteiger partial charge in [0, 0.05) is 16.5 Å². The highest BCUT2D eigenvalue weighted by atomic mass is 35.5. The van der Waals surface area contributed by atoms with Crippen LogP contribution in [0.15, 0.2) is 42.5 Å². The van der Waals surface area contributed by atoms with E-state index in [-0.39, 0.29) is 12.4 Å². The predicted molar refractivity (Wildman–Crippen MR) is 83.1 cm³/mol. The molecule has 0 atom stereocenters. The Bertz CT molecular complexity index is 810. The van der Waals surface area contributed by atoms with E-state index in [1.54, 1.807) is 18.2 Å². The molecule has 0 aliphatic carbocycles. The molecular formula is C17H15ClFNO. The van der Waals surface area contributed by atoms with Gasteiger partial charge in [-0.3, -0.25) is 0 Å². The van der Waals surface area contributed by atoms with Crippen LogP contribution in [0.4, 0.5) is 4.39 Å². The average Bonchev–Trinajstić information content (AvgIpc) is 2.73. The molecule has 0 spiro atoms. The van der Waals surface area contributed by atoms with Crippen molar-refractivity contribution in [3.63, 3.8) is 0 Å². The van der Waals surface area contributed by atoms with Gasteiger partial charge < -0.3 is 9.67 Å². The van der Waals surface area contributed by atoms with Gasteiger partial charge in [0.05, 0.1) is 18.7 Å². The van der Waals surface area contributed by atoms with Crippen molar-refractivity contribution in [1.82, 2.24) is 4.57 Å². The number of rotatable bonds is 3. The van der Waals surface area contributed by atoms with Crippen LogP contribution in [-0.2, 0) is 13.2 Å². The van der Waals surface area contributed by atoms with Crippen molar-refractivity contribution in [3.8, 4) is 0 Å². The van der Waals surface area contributed by atoms with Gasteiger partial charge in [0.25, 0.3) is 0 Å². The lowest BCUT2D eigenvalue weighted by molar-refractivity contribution is 0.283. The summed E-state index contributed by atoms with van der Waals surface area (Å²) in [7, 11) is 0. The molecule has 0 bridgehead atoms. The summed E-state index contributed by atoms with van der Waals surface area (Å²) in [5.74, 6) is -0.256. The summed E-state index contributed by atoms with van der Waals surface area (Å²) in [4.78, 5) is 0. The lowest BCUT2D eigenvalue weighted by atomic mass is 10.1. The number of hydrogen-bond donors (Lipinski definition) is 1. The monoisotopic (exact) mass is 303 g/mol. The van der Waals surface area contributed by atoms with Crippen LogP contribution < -0.4 is 0 Å². The first kappa shape index (κ1) is 14.1. The predicted octanol–water partition coefficient (Wildman–Crippen LogP) is 4.28. The van der Waals surface area contributed by atoms with Gasteiger partial charge in [0.1, 0.15) is 11.0 Å². The van der Waals surface area contributed by atoms with Crippen LogP contribution in [0, 0.1) is 12.7 Å². The Morgan fingerprint density at radius 2 is 1.95 bits per heavy atom. The zero-order valence-corrected chi connectivity index (χ0v) is 12.4. The highest BCUT2D eigenvalue weighted by Gasteiger charge is 2.16. The first-order chi connectivity index (χ1) is 10.1. The minimum absolute atomic E-state index is 0.136. The number of fused-ring (bicyclic) bond motifs is 1. The molecule has 3 rings (SSSR count). The Morgan fingerprint density at radius 3 is 2.67 bits per heavy atom. The largest absolute Gasteiger partial charge is 0.392 e. The Kier molecular flexibility index (Phi) is 3.70. The molecule has 0 saturated heterocycles. The standard InChI is InChI=1S/C17H15ClFNO/c1-11-6-7-13-14(10-21)17(18)20(16(13)8-11)9-12-4-2-3-5-15(12)19/h2-8,21H,9-10H2,1H3. The lowest BCUT2D eigenvalue weighted by Gasteiger charge is -2.09. The SMILES string of the molecule is Cc1ccc2c(CO)c(Cl)n(Cc3ccccc3F)c2c1. The second-order valence-corrected chi connectivity index (χ2v) is 5.48. The molecule has 21 heavy (non-hydrogen) atoms. The van der Waals surface area contributed by atoms with Gasteiger partial charge in [0.2, 0.25) is 0 Å². The molecular weight excluding hydrogens is 289 g/mol. The highest BCUT2D eigenvalue weighted by molar-refractivity contribution is 6.32. The summed E-state index contributed by atoms with van der Waals surface area (Å²) in [5.41, 5.74) is 3.26. The topological polar surface area (TPSA) is 25.2 Å². The molecule has 2 nitrogen and oxygen atoms in total. The number of benzene rings is 2. The first-order valence-corrected chi connectivity index (χ1v) is 7.11. The normalized spacial score (nSPS) is 11.2. The Hall–Kier alpha value is -1.84. The van der Waals surface area contributed by atoms with Gasteiger partial charge in [0.15, 0.2) is 0 Å².